The molecule has 1 amide bonds. The lowest BCUT2D eigenvalue weighted by atomic mass is 10.5. The summed E-state index contributed by atoms with van der Waals surface area (Å²) in [5.74, 6) is -2.14. The van der Waals surface area contributed by atoms with Gasteiger partial charge in [0.2, 0.25) is 0 Å². The van der Waals surface area contributed by atoms with Crippen LogP contribution in [0.1, 0.15) is 0 Å². The first-order valence-electron chi connectivity index (χ1n) is 4.25. The molecule has 0 saturated heterocycles. The number of carbonyl (C=O) groups excluding carboxylic acids is 1. The Balaban J connectivity index is 3.12. The molecule has 1 aromatic heterocycles. The van der Waals surface area contributed by atoms with E-state index in [1.807, 2.05) is 0 Å². The van der Waals surface area contributed by atoms with Crippen molar-refractivity contribution in [2.75, 3.05) is 7.11 Å². The predicted molar refractivity (Wildman–Crippen MR) is 48.1 cm³/mol. The van der Waals surface area contributed by atoms with Gasteiger partial charge in [-0.25, -0.2) is 0 Å². The second-order valence-electron chi connectivity index (χ2n) is 2.86. The second kappa shape index (κ2) is 4.93. The van der Waals surface area contributed by atoms with Crippen molar-refractivity contribution in [3.8, 4) is 0 Å². The zero-order chi connectivity index (χ0) is 12.2. The van der Waals surface area contributed by atoms with E-state index in [0.29, 0.717) is 0 Å². The average Bonchev–Trinajstić information content (AvgIpc) is 2.20. The predicted octanol–water partition coefficient (Wildman–Crippen LogP) is 1.08. The minimum Gasteiger partial charge on any atom is -0.364 e. The van der Waals surface area contributed by atoms with E-state index in [4.69, 9.17) is 4.74 Å². The monoisotopic (exact) mass is 234 g/mol. The Morgan fingerprint density at radius 2 is 2.19 bits per heavy atom. The number of nitrogens with zero attached hydrogens (tertiary/aromatic N) is 2. The second-order valence-corrected chi connectivity index (χ2v) is 2.86. The Bertz CT molecular complexity index is 437. The summed E-state index contributed by atoms with van der Waals surface area (Å²) < 4.78 is 41.9. The minimum atomic E-state index is -4.96. The molecule has 7 heteroatoms. The molecular weight excluding hydrogens is 225 g/mol. The molecule has 0 unspecified atom stereocenters. The number of ether oxygens (including phenoxy) is 1. The number of hydrogen-bond donors (Lipinski definition) is 0. The third-order valence-electron chi connectivity index (χ3n) is 1.64. The third-order valence-corrected chi connectivity index (χ3v) is 1.64. The van der Waals surface area contributed by atoms with Gasteiger partial charge < -0.3 is 9.30 Å². The van der Waals surface area contributed by atoms with Gasteiger partial charge in [0.1, 0.15) is 12.2 Å². The topological polar surface area (TPSA) is 43.6 Å². The van der Waals surface area contributed by atoms with Crippen LogP contribution in [0.3, 0.4) is 0 Å². The number of aromatic nitrogens is 1. The van der Waals surface area contributed by atoms with E-state index in [9.17, 15) is 18.0 Å². The fraction of sp³-hybridized carbons (Fsp3) is 0.333. The first-order valence-corrected chi connectivity index (χ1v) is 4.25. The van der Waals surface area contributed by atoms with Crippen molar-refractivity contribution in [3.63, 3.8) is 0 Å². The van der Waals surface area contributed by atoms with Crippen LogP contribution < -0.4 is 5.49 Å². The minimum absolute atomic E-state index is 0.0187. The highest BCUT2D eigenvalue weighted by Crippen LogP contribution is 2.15. The molecule has 0 aromatic carbocycles. The maximum Gasteiger partial charge on any atom is 0.473 e. The maximum atomic E-state index is 12.0. The highest BCUT2D eigenvalue weighted by Gasteiger charge is 2.38. The Hall–Kier alpha value is -1.63. The van der Waals surface area contributed by atoms with E-state index in [1.54, 1.807) is 6.07 Å². The van der Waals surface area contributed by atoms with Crippen LogP contribution in [0.5, 0.6) is 0 Å². The summed E-state index contributed by atoms with van der Waals surface area (Å²) in [7, 11) is 1.38. The molecule has 1 aromatic rings. The molecule has 0 N–H and O–H groups in total. The van der Waals surface area contributed by atoms with Crippen LogP contribution in [-0.4, -0.2) is 23.8 Å². The average molecular weight is 234 g/mol. The Labute approximate surface area is 89.0 Å². The molecule has 4 nitrogen and oxygen atoms in total. The summed E-state index contributed by atoms with van der Waals surface area (Å²) in [6, 6.07) is 4.37. The van der Waals surface area contributed by atoms with E-state index in [-0.39, 0.29) is 12.2 Å². The molecule has 0 spiro atoms. The summed E-state index contributed by atoms with van der Waals surface area (Å²) in [5.41, 5.74) is -0.105. The van der Waals surface area contributed by atoms with Crippen molar-refractivity contribution in [2.45, 2.75) is 12.9 Å². The third kappa shape index (κ3) is 3.20. The number of methoxy groups -OCH3 is 1. The van der Waals surface area contributed by atoms with Gasteiger partial charge in [0.05, 0.1) is 0 Å². The van der Waals surface area contributed by atoms with Gasteiger partial charge in [-0.1, -0.05) is 6.07 Å². The fourth-order valence-corrected chi connectivity index (χ4v) is 0.984. The molecule has 0 aliphatic rings. The van der Waals surface area contributed by atoms with Crippen molar-refractivity contribution in [1.82, 2.24) is 4.57 Å². The summed E-state index contributed by atoms with van der Waals surface area (Å²) in [6.45, 7) is 0.0187. The normalized spacial score (nSPS) is 12.9. The molecule has 0 aliphatic carbocycles. The largest absolute Gasteiger partial charge is 0.473 e. The van der Waals surface area contributed by atoms with Gasteiger partial charge in [0.25, 0.3) is 0 Å². The van der Waals surface area contributed by atoms with Crippen LogP contribution in [0, 0.1) is 0 Å². The molecule has 0 radical (unpaired) electrons. The highest BCUT2D eigenvalue weighted by atomic mass is 19.4. The van der Waals surface area contributed by atoms with E-state index in [1.165, 1.54) is 30.0 Å². The van der Waals surface area contributed by atoms with E-state index < -0.39 is 12.1 Å². The zero-order valence-corrected chi connectivity index (χ0v) is 8.36. The number of carbonyl (C=O) groups is 1. The van der Waals surface area contributed by atoms with E-state index >= 15 is 0 Å². The van der Waals surface area contributed by atoms with E-state index in [2.05, 4.69) is 4.99 Å². The smallest absolute Gasteiger partial charge is 0.364 e. The van der Waals surface area contributed by atoms with Gasteiger partial charge >= 0.3 is 12.1 Å². The van der Waals surface area contributed by atoms with Gasteiger partial charge in [0.15, 0.2) is 0 Å². The maximum absolute atomic E-state index is 12.0. The highest BCUT2D eigenvalue weighted by molar-refractivity contribution is 5.82. The van der Waals surface area contributed by atoms with Crippen molar-refractivity contribution < 1.29 is 22.7 Å². The Kier molecular flexibility index (Phi) is 3.83. The van der Waals surface area contributed by atoms with Crippen LogP contribution in [0.2, 0.25) is 0 Å². The number of hydrogen-bond acceptors (Lipinski definition) is 2. The zero-order valence-electron chi connectivity index (χ0n) is 8.36. The lowest BCUT2D eigenvalue weighted by Crippen LogP contribution is -2.27. The van der Waals surface area contributed by atoms with Crippen LogP contribution >= 0.6 is 0 Å². The van der Waals surface area contributed by atoms with Crippen molar-refractivity contribution in [1.29, 1.82) is 0 Å². The van der Waals surface area contributed by atoms with Crippen molar-refractivity contribution in [3.05, 3.63) is 29.9 Å². The summed E-state index contributed by atoms with van der Waals surface area (Å²) in [5, 5.41) is 0. The number of rotatable bonds is 2. The molecule has 0 fully saturated rings. The first-order chi connectivity index (χ1) is 7.45. The number of amides is 1. The van der Waals surface area contributed by atoms with Gasteiger partial charge in [-0.15, -0.1) is 0 Å². The van der Waals surface area contributed by atoms with Crippen molar-refractivity contribution in [2.24, 2.45) is 4.99 Å². The summed E-state index contributed by atoms with van der Waals surface area (Å²) in [4.78, 5) is 13.6. The molecular formula is C9H9F3N2O2. The standard InChI is InChI=1S/C9H9F3N2O2/c1-16-6-14-5-3-2-4-7(14)13-8(15)9(10,11)12/h2-5H,6H2,1H3. The molecule has 0 atom stereocenters. The van der Waals surface area contributed by atoms with Gasteiger partial charge in [-0.3, -0.25) is 4.79 Å². The lowest BCUT2D eigenvalue weighted by molar-refractivity contribution is -0.169. The molecule has 1 rings (SSSR count). The number of halogens is 3. The van der Waals surface area contributed by atoms with Gasteiger partial charge in [-0.05, 0) is 12.1 Å². The lowest BCUT2D eigenvalue weighted by Gasteiger charge is -2.05. The SMILES string of the molecule is COCn1ccccc1=NC(=O)C(F)(F)F. The quantitative estimate of drug-likeness (QED) is 0.768. The van der Waals surface area contributed by atoms with E-state index in [0.717, 1.165) is 0 Å². The summed E-state index contributed by atoms with van der Waals surface area (Å²) >= 11 is 0. The van der Waals surface area contributed by atoms with Crippen LogP contribution in [0.25, 0.3) is 0 Å². The number of pyridine rings is 1. The first kappa shape index (κ1) is 12.4. The van der Waals surface area contributed by atoms with Crippen LogP contribution in [-0.2, 0) is 16.3 Å². The van der Waals surface area contributed by atoms with Crippen LogP contribution in [0.15, 0.2) is 29.4 Å². The van der Waals surface area contributed by atoms with Gasteiger partial charge in [-0.2, -0.15) is 18.2 Å². The molecule has 1 heterocycles. The Morgan fingerprint density at radius 3 is 2.75 bits per heavy atom. The number of alkyl halides is 3. The molecule has 0 bridgehead atoms. The van der Waals surface area contributed by atoms with Crippen molar-refractivity contribution >= 4 is 5.91 Å². The molecule has 0 aliphatic heterocycles. The van der Waals surface area contributed by atoms with Gasteiger partial charge in [0, 0.05) is 13.3 Å². The Morgan fingerprint density at radius 1 is 1.50 bits per heavy atom. The summed E-state index contributed by atoms with van der Waals surface area (Å²) in [6.07, 6.45) is -3.49. The fourth-order valence-electron chi connectivity index (χ4n) is 0.984. The van der Waals surface area contributed by atoms with Crippen LogP contribution in [0.4, 0.5) is 13.2 Å². The molecule has 16 heavy (non-hydrogen) atoms. The molecule has 0 saturated carbocycles. The molecule has 88 valence electrons.